The largest absolute Gasteiger partial charge is 0.254 e. The van der Waals surface area contributed by atoms with E-state index in [1.165, 1.54) is 0 Å². The van der Waals surface area contributed by atoms with Gasteiger partial charge in [0.25, 0.3) is 0 Å². The molecule has 0 bridgehead atoms. The Kier molecular flexibility index (Phi) is 45.3. The van der Waals surface area contributed by atoms with Crippen molar-refractivity contribution in [3.63, 3.8) is 0 Å². The zero-order valence-electron chi connectivity index (χ0n) is 13.7. The van der Waals surface area contributed by atoms with E-state index in [2.05, 4.69) is 34.2 Å². The van der Waals surface area contributed by atoms with Crippen molar-refractivity contribution in [2.75, 3.05) is 0 Å². The van der Waals surface area contributed by atoms with E-state index >= 15 is 0 Å². The fourth-order valence-corrected chi connectivity index (χ4v) is 1.68. The van der Waals surface area contributed by atoms with E-state index in [1.54, 1.807) is 12.4 Å². The van der Waals surface area contributed by atoms with Gasteiger partial charge in [-0.05, 0) is 12.1 Å². The summed E-state index contributed by atoms with van der Waals surface area (Å²) >= 11 is 1.06. The van der Waals surface area contributed by atoms with Gasteiger partial charge in [0.05, 0.1) is 11.0 Å². The van der Waals surface area contributed by atoms with Gasteiger partial charge in [-0.25, -0.2) is 0 Å². The Hall–Kier alpha value is 1.42. The molecule has 2 heterocycles. The van der Waals surface area contributed by atoms with Crippen molar-refractivity contribution < 1.29 is 161 Å². The van der Waals surface area contributed by atoms with Gasteiger partial charge >= 0.3 is 124 Å². The normalized spacial score (nSPS) is 6.68. The third kappa shape index (κ3) is 13.3. The monoisotopic (exact) mass is 447 g/mol. The van der Waals surface area contributed by atoms with Gasteiger partial charge in [-0.1, -0.05) is 24.3 Å². The van der Waals surface area contributed by atoms with Gasteiger partial charge in [0.1, 0.15) is 0 Å². The van der Waals surface area contributed by atoms with E-state index < -0.39 is 0 Å². The summed E-state index contributed by atoms with van der Waals surface area (Å²) in [5.41, 5.74) is 1.95. The van der Waals surface area contributed by atoms with Crippen LogP contribution in [0.1, 0.15) is 0 Å². The summed E-state index contributed by atoms with van der Waals surface area (Å²) < 4.78 is 8.19. The second-order valence-corrected chi connectivity index (χ2v) is 3.22. The minimum atomic E-state index is 0. The molecule has 10 nitrogen and oxygen atoms in total. The van der Waals surface area contributed by atoms with Crippen molar-refractivity contribution in [3.8, 4) is 0 Å². The molecule has 1 aromatic carbocycles. The summed E-state index contributed by atoms with van der Waals surface area (Å²) in [5.74, 6) is 0. The van der Waals surface area contributed by atoms with Gasteiger partial charge < -0.3 is 16.4 Å². The molecule has 0 aliphatic carbocycles. The molecule has 0 fully saturated rings. The van der Waals surface area contributed by atoms with Crippen molar-refractivity contribution in [2.45, 2.75) is 0 Å². The summed E-state index contributed by atoms with van der Waals surface area (Å²) in [6.07, 6.45) is 3.60. The molecule has 129 valence electrons. The van der Waals surface area contributed by atoms with Crippen LogP contribution in [-0.2, 0) is 21.0 Å². The van der Waals surface area contributed by atoms with E-state index in [9.17, 15) is 0 Å². The van der Waals surface area contributed by atoms with Crippen LogP contribution in [0.4, 0.5) is 0 Å². The number of rotatable bonds is 0. The molecule has 0 atom stereocenters. The smallest absolute Gasteiger partial charge is 0.0964 e. The molecule has 2 aromatic heterocycles. The van der Waals surface area contributed by atoms with Crippen LogP contribution in [0.25, 0.3) is 21.8 Å². The van der Waals surface area contributed by atoms with Crippen LogP contribution in [0.2, 0.25) is 0 Å². The zero-order valence-corrected chi connectivity index (χ0v) is 21.3. The average molecular weight is 447 g/mol. The minimum Gasteiger partial charge on any atom is -0.254 e. The molecule has 0 saturated carbocycles. The molecule has 0 spiro atoms. The van der Waals surface area contributed by atoms with Crippen molar-refractivity contribution in [1.82, 2.24) is 9.97 Å². The third-order valence-corrected chi connectivity index (χ3v) is 2.34. The van der Waals surface area contributed by atoms with Crippen LogP contribution < -0.4 is 103 Å². The Morgan fingerprint density at radius 1 is 0.640 bits per heavy atom. The molecule has 0 aliphatic rings. The van der Waals surface area contributed by atoms with Crippen LogP contribution in [-0.4, -0.2) is 47.4 Å². The predicted octanol–water partition coefficient (Wildman–Crippen LogP) is -5.77. The molecule has 0 amide bonds. The van der Waals surface area contributed by atoms with Crippen molar-refractivity contribution >= 4 is 21.8 Å². The van der Waals surface area contributed by atoms with Crippen molar-refractivity contribution in [3.05, 3.63) is 48.8 Å². The molecular weight excluding hydrogens is 429 g/mol. The fraction of sp³-hybridized carbons (Fsp3) is 0. The summed E-state index contributed by atoms with van der Waals surface area (Å²) in [7, 11) is 0. The number of aromatic nitrogens is 2. The number of hydrogen-bond acceptors (Lipinski definition) is 7. The summed E-state index contributed by atoms with van der Waals surface area (Å²) in [4.78, 5) is 8.69. The number of fused-ring (bicyclic) bond motifs is 3. The first kappa shape index (κ1) is 40.9. The second-order valence-electron chi connectivity index (χ2n) is 3.22. The average Bonchev–Trinajstić information content (AvgIpc) is 2.60. The molecule has 25 heavy (non-hydrogen) atoms. The van der Waals surface area contributed by atoms with E-state index in [0.29, 0.717) is 0 Å². The van der Waals surface area contributed by atoms with Gasteiger partial charge in [0.2, 0.25) is 0 Å². The van der Waals surface area contributed by atoms with Gasteiger partial charge in [-0.3, -0.25) is 31.0 Å². The molecule has 3 rings (SSSR count). The van der Waals surface area contributed by atoms with E-state index in [-0.39, 0.29) is 119 Å². The van der Waals surface area contributed by atoms with Crippen LogP contribution in [0.3, 0.4) is 0 Å². The summed E-state index contributed by atoms with van der Waals surface area (Å²) in [5, 5.41) is 26.3. The molecule has 0 radical (unpaired) electrons. The van der Waals surface area contributed by atoms with Gasteiger partial charge in [0, 0.05) is 23.2 Å². The minimum absolute atomic E-state index is 0. The maximum Gasteiger partial charge on any atom is 0.0964 e. The molecule has 0 unspecified atom stereocenters. The van der Waals surface area contributed by atoms with E-state index in [1.807, 2.05) is 12.1 Å². The van der Waals surface area contributed by atoms with E-state index in [0.717, 1.165) is 39.2 Å². The zero-order chi connectivity index (χ0) is 15.4. The summed E-state index contributed by atoms with van der Waals surface area (Å²) in [6.45, 7) is 0. The van der Waals surface area contributed by atoms with Crippen LogP contribution in [0, 0.1) is 0 Å². The van der Waals surface area contributed by atoms with Gasteiger partial charge in [-0.15, -0.1) is 0 Å². The van der Waals surface area contributed by atoms with Gasteiger partial charge in [-0.2, -0.15) is 0 Å². The molecule has 10 N–H and O–H groups in total. The second kappa shape index (κ2) is 27.6. The van der Waals surface area contributed by atoms with Crippen molar-refractivity contribution in [2.24, 2.45) is 0 Å². The first-order valence-corrected chi connectivity index (χ1v) is 5.69. The molecule has 3 aromatic rings. The molecule has 13 heteroatoms. The number of hydrogen-bond donors (Lipinski definition) is 4. The number of pyridine rings is 2. The SMILES string of the molecule is O.O.O.OO.OO.[K+].[K+].[O]=[V].c1cnc2c(c1)ccc1cccnc12. The van der Waals surface area contributed by atoms with Gasteiger partial charge in [0.15, 0.2) is 0 Å². The maximum absolute atomic E-state index is 8.19. The Labute approximate surface area is 237 Å². The predicted molar refractivity (Wildman–Crippen MR) is 79.1 cm³/mol. The molecule has 0 saturated heterocycles. The fourth-order valence-electron chi connectivity index (χ4n) is 1.68. The number of benzene rings is 1. The molecule has 0 aliphatic heterocycles. The first-order valence-electron chi connectivity index (χ1n) is 5.12. The Balaban J connectivity index is -0.0000000753. The van der Waals surface area contributed by atoms with Crippen LogP contribution in [0.5, 0.6) is 0 Å². The van der Waals surface area contributed by atoms with Crippen molar-refractivity contribution in [1.29, 1.82) is 0 Å². The van der Waals surface area contributed by atoms with E-state index in [4.69, 9.17) is 24.7 Å². The van der Waals surface area contributed by atoms with Crippen LogP contribution in [0.15, 0.2) is 48.8 Å². The quantitative estimate of drug-likeness (QED) is 0.113. The maximum atomic E-state index is 8.19. The third-order valence-electron chi connectivity index (χ3n) is 2.34. The number of nitrogens with zero attached hydrogens (tertiary/aromatic N) is 2. The molecular formula is C12H18K2N2O8V+2. The van der Waals surface area contributed by atoms with Crippen LogP contribution >= 0.6 is 0 Å². The first-order chi connectivity index (χ1) is 9.95. The Bertz CT molecular complexity index is 599. The Morgan fingerprint density at radius 3 is 1.20 bits per heavy atom. The summed E-state index contributed by atoms with van der Waals surface area (Å²) in [6, 6.07) is 12.1. The topological polar surface area (TPSA) is 218 Å². The Morgan fingerprint density at radius 2 is 0.920 bits per heavy atom. The standard InChI is InChI=1S/C12H8N2.2K.2H2O2.3H2O.O.V/c1-3-9-5-6-10-4-2-8-14-12(10)11(9)13-7-1;;;2*1-2;;;;;/h1-8H;;;2*1-2H;3*1H2;;/q;2*+1;;;;;;;.